The maximum Gasteiger partial charge on any atom is 0.325 e. The van der Waals surface area contributed by atoms with E-state index in [9.17, 15) is 9.90 Å². The highest BCUT2D eigenvalue weighted by Gasteiger charge is 2.32. The van der Waals surface area contributed by atoms with Crippen molar-refractivity contribution in [2.24, 2.45) is 0 Å². The number of carboxylic acid groups (broad SMARTS) is 1. The number of hydrogen-bond acceptors (Lipinski definition) is 4. The zero-order chi connectivity index (χ0) is 18.6. The molecule has 0 amide bonds. The topological polar surface area (TPSA) is 47.0 Å². The van der Waals surface area contributed by atoms with Crippen molar-refractivity contribution < 1.29 is 9.90 Å². The Kier molecular flexibility index (Phi) is 6.99. The predicted molar refractivity (Wildman–Crippen MR) is 102 cm³/mol. The van der Waals surface area contributed by atoms with Crippen LogP contribution in [0.15, 0.2) is 18.2 Å². The molecular weight excluding hydrogens is 314 g/mol. The predicted octanol–water partition coefficient (Wildman–Crippen LogP) is 2.39. The molecule has 1 aromatic rings. The van der Waals surface area contributed by atoms with Crippen LogP contribution in [-0.2, 0) is 4.79 Å². The fraction of sp³-hybridized carbons (Fsp3) is 0.650. The van der Waals surface area contributed by atoms with Crippen LogP contribution in [0.3, 0.4) is 0 Å². The maximum absolute atomic E-state index is 12.0. The molecule has 1 saturated heterocycles. The Morgan fingerprint density at radius 3 is 2.36 bits per heavy atom. The minimum absolute atomic E-state index is 0.534. The Morgan fingerprint density at radius 2 is 1.84 bits per heavy atom. The van der Waals surface area contributed by atoms with Gasteiger partial charge in [0.2, 0.25) is 0 Å². The van der Waals surface area contributed by atoms with Gasteiger partial charge in [0.15, 0.2) is 0 Å². The van der Waals surface area contributed by atoms with Crippen molar-refractivity contribution in [2.45, 2.75) is 38.8 Å². The summed E-state index contributed by atoms with van der Waals surface area (Å²) in [4.78, 5) is 18.7. The average molecular weight is 348 g/mol. The summed E-state index contributed by atoms with van der Waals surface area (Å²) in [5, 5.41) is 9.84. The van der Waals surface area contributed by atoms with Crippen LogP contribution in [0, 0.1) is 13.8 Å². The second-order valence-electron chi connectivity index (χ2n) is 7.65. The molecule has 1 fully saturated rings. The monoisotopic (exact) mass is 347 g/mol. The summed E-state index contributed by atoms with van der Waals surface area (Å²) in [5.74, 6) is -0.744. The average Bonchev–Trinajstić information content (AvgIpc) is 2.55. The molecule has 1 N–H and O–H groups in total. The molecule has 1 heterocycles. The van der Waals surface area contributed by atoms with E-state index in [-0.39, 0.29) is 0 Å². The first-order valence-electron chi connectivity index (χ1n) is 9.18. The second kappa shape index (κ2) is 8.79. The van der Waals surface area contributed by atoms with Gasteiger partial charge in [0.05, 0.1) is 0 Å². The maximum atomic E-state index is 12.0. The first-order chi connectivity index (χ1) is 11.8. The van der Waals surface area contributed by atoms with Gasteiger partial charge in [-0.2, -0.15) is 0 Å². The van der Waals surface area contributed by atoms with Gasteiger partial charge in [-0.25, -0.2) is 0 Å². The molecule has 1 aliphatic heterocycles. The van der Waals surface area contributed by atoms with Gasteiger partial charge in [-0.15, -0.1) is 0 Å². The normalized spacial score (nSPS) is 18.0. The lowest BCUT2D eigenvalue weighted by Crippen LogP contribution is -2.47. The number of nitrogens with zero attached hydrogens (tertiary/aromatic N) is 3. The third kappa shape index (κ3) is 5.27. The van der Waals surface area contributed by atoms with Gasteiger partial charge in [0.1, 0.15) is 6.04 Å². The van der Waals surface area contributed by atoms with Crippen LogP contribution in [0.4, 0.5) is 0 Å². The molecule has 25 heavy (non-hydrogen) atoms. The van der Waals surface area contributed by atoms with Crippen molar-refractivity contribution in [1.82, 2.24) is 14.7 Å². The molecule has 0 radical (unpaired) electrons. The van der Waals surface area contributed by atoms with Crippen LogP contribution in [-0.4, -0.2) is 79.1 Å². The fourth-order valence-electron chi connectivity index (χ4n) is 3.74. The molecule has 0 aliphatic carbocycles. The zero-order valence-corrected chi connectivity index (χ0v) is 16.3. The number of benzene rings is 1. The molecule has 0 unspecified atom stereocenters. The molecule has 1 atom stereocenters. The summed E-state index contributed by atoms with van der Waals surface area (Å²) < 4.78 is 0. The smallest absolute Gasteiger partial charge is 0.325 e. The van der Waals surface area contributed by atoms with E-state index in [0.717, 1.165) is 50.1 Å². The van der Waals surface area contributed by atoms with Crippen LogP contribution in [0.5, 0.6) is 0 Å². The highest BCUT2D eigenvalue weighted by molar-refractivity contribution is 5.76. The molecule has 5 nitrogen and oxygen atoms in total. The van der Waals surface area contributed by atoms with Gasteiger partial charge in [-0.3, -0.25) is 9.69 Å². The lowest BCUT2D eigenvalue weighted by atomic mass is 9.95. The van der Waals surface area contributed by atoms with Crippen molar-refractivity contribution in [3.63, 3.8) is 0 Å². The van der Waals surface area contributed by atoms with Crippen molar-refractivity contribution in [3.8, 4) is 0 Å². The number of aryl methyl sites for hydroxylation is 2. The van der Waals surface area contributed by atoms with Gasteiger partial charge in [0.25, 0.3) is 0 Å². The van der Waals surface area contributed by atoms with E-state index in [1.807, 2.05) is 26.0 Å². The quantitative estimate of drug-likeness (QED) is 0.821. The van der Waals surface area contributed by atoms with Crippen LogP contribution in [0.1, 0.15) is 35.6 Å². The van der Waals surface area contributed by atoms with Gasteiger partial charge in [-0.1, -0.05) is 23.8 Å². The van der Waals surface area contributed by atoms with E-state index in [1.54, 1.807) is 0 Å². The van der Waals surface area contributed by atoms with E-state index >= 15 is 0 Å². The summed E-state index contributed by atoms with van der Waals surface area (Å²) in [6, 6.07) is 6.09. The molecule has 1 aromatic carbocycles. The van der Waals surface area contributed by atoms with Gasteiger partial charge in [0, 0.05) is 32.2 Å². The third-order valence-electron chi connectivity index (χ3n) is 5.34. The molecule has 0 aromatic heterocycles. The highest BCUT2D eigenvalue weighted by atomic mass is 16.4. The molecule has 0 saturated carbocycles. The molecule has 1 aliphatic rings. The van der Waals surface area contributed by atoms with E-state index in [0.29, 0.717) is 6.04 Å². The fourth-order valence-corrected chi connectivity index (χ4v) is 3.74. The number of piperidine rings is 1. The lowest BCUT2D eigenvalue weighted by Gasteiger charge is -2.39. The van der Waals surface area contributed by atoms with Crippen molar-refractivity contribution in [1.29, 1.82) is 0 Å². The summed E-state index contributed by atoms with van der Waals surface area (Å²) in [7, 11) is 6.37. The number of carbonyl (C=O) groups is 1. The first kappa shape index (κ1) is 19.9. The molecule has 2 rings (SSSR count). The molecule has 0 bridgehead atoms. The van der Waals surface area contributed by atoms with Crippen molar-refractivity contribution in [3.05, 3.63) is 34.9 Å². The van der Waals surface area contributed by atoms with Gasteiger partial charge < -0.3 is 14.9 Å². The van der Waals surface area contributed by atoms with Crippen LogP contribution >= 0.6 is 0 Å². The van der Waals surface area contributed by atoms with Crippen LogP contribution in [0.2, 0.25) is 0 Å². The molecule has 5 heteroatoms. The van der Waals surface area contributed by atoms with E-state index < -0.39 is 12.0 Å². The SMILES string of the molecule is Cc1ccc([C@H](C(=O)O)N2CCC(N(C)CCN(C)C)CC2)c(C)c1. The summed E-state index contributed by atoms with van der Waals surface area (Å²) in [6.45, 7) is 7.83. The molecular formula is C20H33N3O2. The van der Waals surface area contributed by atoms with E-state index in [4.69, 9.17) is 0 Å². The summed E-state index contributed by atoms with van der Waals surface area (Å²) in [6.07, 6.45) is 2.05. The van der Waals surface area contributed by atoms with Crippen molar-refractivity contribution >= 4 is 5.97 Å². The highest BCUT2D eigenvalue weighted by Crippen LogP contribution is 2.29. The van der Waals surface area contributed by atoms with E-state index in [1.165, 1.54) is 5.56 Å². The minimum Gasteiger partial charge on any atom is -0.480 e. The number of carboxylic acids is 1. The zero-order valence-electron chi connectivity index (χ0n) is 16.3. The third-order valence-corrected chi connectivity index (χ3v) is 5.34. The van der Waals surface area contributed by atoms with Crippen molar-refractivity contribution in [2.75, 3.05) is 47.3 Å². The Morgan fingerprint density at radius 1 is 1.20 bits per heavy atom. The first-order valence-corrected chi connectivity index (χ1v) is 9.18. The Bertz CT molecular complexity index is 580. The van der Waals surface area contributed by atoms with Gasteiger partial charge in [-0.05, 0) is 59.0 Å². The summed E-state index contributed by atoms with van der Waals surface area (Å²) >= 11 is 0. The summed E-state index contributed by atoms with van der Waals surface area (Å²) in [5.41, 5.74) is 3.17. The Balaban J connectivity index is 2.02. The number of likely N-dealkylation sites (N-methyl/N-ethyl adjacent to an activating group) is 2. The minimum atomic E-state index is -0.744. The number of likely N-dealkylation sites (tertiary alicyclic amines) is 1. The largest absolute Gasteiger partial charge is 0.480 e. The lowest BCUT2D eigenvalue weighted by molar-refractivity contribution is -0.144. The number of hydrogen-bond donors (Lipinski definition) is 1. The molecule has 0 spiro atoms. The Labute approximate surface area is 152 Å². The number of rotatable bonds is 7. The second-order valence-corrected chi connectivity index (χ2v) is 7.65. The number of aliphatic carboxylic acids is 1. The molecule has 140 valence electrons. The van der Waals surface area contributed by atoms with Crippen LogP contribution in [0.25, 0.3) is 0 Å². The Hall–Kier alpha value is -1.43. The van der Waals surface area contributed by atoms with Gasteiger partial charge >= 0.3 is 5.97 Å². The standard InChI is InChI=1S/C20H33N3O2/c1-15-6-7-18(16(2)14-15)19(20(24)25)23-10-8-17(9-11-23)22(5)13-12-21(3)4/h6-7,14,17,19H,8-13H2,1-5H3,(H,24,25)/t19-/m1/s1. The van der Waals surface area contributed by atoms with Crippen LogP contribution < -0.4 is 0 Å². The van der Waals surface area contributed by atoms with E-state index in [2.05, 4.69) is 41.9 Å².